The number of hydrogen-bond acceptors (Lipinski definition) is 5. The molecule has 4 rings (SSSR count). The molecule has 9 heteroatoms. The molecule has 0 aliphatic carbocycles. The number of amides is 2. The number of ether oxygens (including phenoxy) is 2. The summed E-state index contributed by atoms with van der Waals surface area (Å²) in [6.07, 6.45) is 2.00. The van der Waals surface area contributed by atoms with E-state index in [1.54, 1.807) is 24.3 Å². The fraction of sp³-hybridized carbons (Fsp3) is 0.208. The summed E-state index contributed by atoms with van der Waals surface area (Å²) < 4.78 is 39.4. The molecule has 33 heavy (non-hydrogen) atoms. The molecule has 0 fully saturated rings. The van der Waals surface area contributed by atoms with Gasteiger partial charge in [0.25, 0.3) is 0 Å². The average Bonchev–Trinajstić information content (AvgIpc) is 2.80. The van der Waals surface area contributed by atoms with Crippen LogP contribution in [0.1, 0.15) is 30.6 Å². The number of nitrogens with zero attached hydrogens (tertiary/aromatic N) is 1. The van der Waals surface area contributed by atoms with Crippen LogP contribution in [0.15, 0.2) is 54.7 Å². The molecule has 0 saturated heterocycles. The molecule has 7 nitrogen and oxygen atoms in total. The SMILES string of the molecule is CC(=O)NCC(=O)Nc1ccc(Oc2ccc3c(c2)CCC(c2cccc(F)c2F)O3)nc1. The second kappa shape index (κ2) is 9.64. The number of aromatic nitrogens is 1. The minimum Gasteiger partial charge on any atom is -0.485 e. The molecule has 2 N–H and O–H groups in total. The lowest BCUT2D eigenvalue weighted by Crippen LogP contribution is -2.31. The van der Waals surface area contributed by atoms with Crippen LogP contribution in [-0.2, 0) is 16.0 Å². The zero-order chi connectivity index (χ0) is 23.4. The zero-order valence-corrected chi connectivity index (χ0v) is 17.7. The highest BCUT2D eigenvalue weighted by Crippen LogP contribution is 2.38. The summed E-state index contributed by atoms with van der Waals surface area (Å²) in [4.78, 5) is 26.8. The van der Waals surface area contributed by atoms with Gasteiger partial charge in [0, 0.05) is 18.6 Å². The van der Waals surface area contributed by atoms with Crippen molar-refractivity contribution in [3.8, 4) is 17.4 Å². The molecule has 0 spiro atoms. The lowest BCUT2D eigenvalue weighted by Gasteiger charge is -2.27. The highest BCUT2D eigenvalue weighted by Gasteiger charge is 2.25. The number of halogens is 2. The van der Waals surface area contributed by atoms with Gasteiger partial charge in [-0.2, -0.15) is 0 Å². The van der Waals surface area contributed by atoms with Crippen LogP contribution in [0.5, 0.6) is 17.4 Å². The minimum atomic E-state index is -0.892. The van der Waals surface area contributed by atoms with Gasteiger partial charge >= 0.3 is 0 Å². The van der Waals surface area contributed by atoms with E-state index in [4.69, 9.17) is 9.47 Å². The Labute approximate surface area is 188 Å². The van der Waals surface area contributed by atoms with Crippen LogP contribution in [0.3, 0.4) is 0 Å². The lowest BCUT2D eigenvalue weighted by atomic mass is 9.97. The van der Waals surface area contributed by atoms with E-state index in [2.05, 4.69) is 15.6 Å². The summed E-state index contributed by atoms with van der Waals surface area (Å²) in [5.41, 5.74) is 1.56. The van der Waals surface area contributed by atoms with Crippen molar-refractivity contribution in [3.63, 3.8) is 0 Å². The van der Waals surface area contributed by atoms with Crippen molar-refractivity contribution >= 4 is 17.5 Å². The van der Waals surface area contributed by atoms with Crippen LogP contribution >= 0.6 is 0 Å². The molecule has 0 radical (unpaired) electrons. The molecule has 1 aromatic heterocycles. The van der Waals surface area contributed by atoms with Gasteiger partial charge in [0.2, 0.25) is 17.7 Å². The van der Waals surface area contributed by atoms with E-state index in [0.29, 0.717) is 35.9 Å². The number of anilines is 1. The third-order valence-corrected chi connectivity index (χ3v) is 5.05. The van der Waals surface area contributed by atoms with Gasteiger partial charge in [-0.05, 0) is 48.7 Å². The molecule has 0 saturated carbocycles. The molecule has 2 amide bonds. The van der Waals surface area contributed by atoms with Crippen LogP contribution in [0.25, 0.3) is 0 Å². The average molecular weight is 453 g/mol. The molecule has 1 aliphatic rings. The standard InChI is InChI=1S/C24H21F2N3O4/c1-14(30)27-13-22(31)29-16-6-10-23(28-12-16)32-17-7-9-20-15(11-17)5-8-21(33-20)18-3-2-4-19(25)24(18)26/h2-4,6-7,9-12,21H,5,8,13H2,1H3,(H,27,30)(H,29,31). The normalized spacial score (nSPS) is 14.6. The van der Waals surface area contributed by atoms with Crippen LogP contribution in [0.4, 0.5) is 14.5 Å². The van der Waals surface area contributed by atoms with Crippen LogP contribution in [0, 0.1) is 11.6 Å². The van der Waals surface area contributed by atoms with E-state index < -0.39 is 17.7 Å². The molecule has 1 atom stereocenters. The molecule has 1 aliphatic heterocycles. The topological polar surface area (TPSA) is 89.6 Å². The summed E-state index contributed by atoms with van der Waals surface area (Å²) in [6, 6.07) is 12.6. The number of rotatable bonds is 6. The maximum atomic E-state index is 14.1. The van der Waals surface area contributed by atoms with Gasteiger partial charge < -0.3 is 20.1 Å². The second-order valence-corrected chi connectivity index (χ2v) is 7.50. The third-order valence-electron chi connectivity index (χ3n) is 5.05. The van der Waals surface area contributed by atoms with E-state index >= 15 is 0 Å². The Morgan fingerprint density at radius 3 is 2.79 bits per heavy atom. The van der Waals surface area contributed by atoms with Crippen molar-refractivity contribution in [2.75, 3.05) is 11.9 Å². The summed E-state index contributed by atoms with van der Waals surface area (Å²) in [6.45, 7) is 1.20. The van der Waals surface area contributed by atoms with Gasteiger partial charge in [-0.1, -0.05) is 12.1 Å². The predicted molar refractivity (Wildman–Crippen MR) is 116 cm³/mol. The highest BCUT2D eigenvalue weighted by molar-refractivity contribution is 5.94. The Morgan fingerprint density at radius 2 is 2.03 bits per heavy atom. The summed E-state index contributed by atoms with van der Waals surface area (Å²) in [5, 5.41) is 5.03. The van der Waals surface area contributed by atoms with E-state index in [-0.39, 0.29) is 23.9 Å². The Kier molecular flexibility index (Phi) is 6.48. The Morgan fingerprint density at radius 1 is 1.18 bits per heavy atom. The molecule has 2 aromatic carbocycles. The number of carbonyl (C=O) groups excluding carboxylic acids is 2. The molecule has 0 bridgehead atoms. The fourth-order valence-corrected chi connectivity index (χ4v) is 3.46. The monoisotopic (exact) mass is 453 g/mol. The van der Waals surface area contributed by atoms with Gasteiger partial charge in [-0.25, -0.2) is 13.8 Å². The zero-order valence-electron chi connectivity index (χ0n) is 17.7. The number of fused-ring (bicyclic) bond motifs is 1. The van der Waals surface area contributed by atoms with Gasteiger partial charge in [0.1, 0.15) is 17.6 Å². The van der Waals surface area contributed by atoms with E-state index in [1.807, 2.05) is 6.07 Å². The van der Waals surface area contributed by atoms with Crippen LogP contribution in [0.2, 0.25) is 0 Å². The molecule has 170 valence electrons. The molecular formula is C24H21F2N3O4. The molecule has 2 heterocycles. The molecular weight excluding hydrogens is 432 g/mol. The molecule has 3 aromatic rings. The summed E-state index contributed by atoms with van der Waals surface area (Å²) >= 11 is 0. The van der Waals surface area contributed by atoms with E-state index in [1.165, 1.54) is 25.3 Å². The van der Waals surface area contributed by atoms with Gasteiger partial charge in [0.05, 0.1) is 18.4 Å². The van der Waals surface area contributed by atoms with Crippen molar-refractivity contribution in [3.05, 3.63) is 77.5 Å². The van der Waals surface area contributed by atoms with Crippen molar-refractivity contribution in [1.29, 1.82) is 0 Å². The summed E-state index contributed by atoms with van der Waals surface area (Å²) in [7, 11) is 0. The number of carbonyl (C=O) groups is 2. The summed E-state index contributed by atoms with van der Waals surface area (Å²) in [5.74, 6) is -0.976. The number of nitrogens with one attached hydrogen (secondary N) is 2. The van der Waals surface area contributed by atoms with E-state index in [9.17, 15) is 18.4 Å². The Hall–Kier alpha value is -4.01. The predicted octanol–water partition coefficient (Wildman–Crippen LogP) is 4.29. The van der Waals surface area contributed by atoms with Crippen LogP contribution in [-0.4, -0.2) is 23.3 Å². The maximum absolute atomic E-state index is 14.1. The number of benzene rings is 2. The third kappa shape index (κ3) is 5.43. The first kappa shape index (κ1) is 22.2. The largest absolute Gasteiger partial charge is 0.485 e. The van der Waals surface area contributed by atoms with Crippen molar-refractivity contribution < 1.29 is 27.8 Å². The van der Waals surface area contributed by atoms with Gasteiger partial charge in [0.15, 0.2) is 11.6 Å². The minimum absolute atomic E-state index is 0.127. The fourth-order valence-electron chi connectivity index (χ4n) is 3.46. The highest BCUT2D eigenvalue weighted by atomic mass is 19.2. The van der Waals surface area contributed by atoms with Gasteiger partial charge in [-0.15, -0.1) is 0 Å². The quantitative estimate of drug-likeness (QED) is 0.581. The number of hydrogen-bond donors (Lipinski definition) is 2. The van der Waals surface area contributed by atoms with Crippen molar-refractivity contribution in [1.82, 2.24) is 10.3 Å². The van der Waals surface area contributed by atoms with Crippen molar-refractivity contribution in [2.45, 2.75) is 25.9 Å². The Balaban J connectivity index is 1.38. The number of pyridine rings is 1. The smallest absolute Gasteiger partial charge is 0.243 e. The first-order chi connectivity index (χ1) is 15.9. The van der Waals surface area contributed by atoms with E-state index in [0.717, 1.165) is 11.6 Å². The number of aryl methyl sites for hydroxylation is 1. The second-order valence-electron chi connectivity index (χ2n) is 7.50. The van der Waals surface area contributed by atoms with Crippen molar-refractivity contribution in [2.24, 2.45) is 0 Å². The lowest BCUT2D eigenvalue weighted by molar-refractivity contribution is -0.122. The van der Waals surface area contributed by atoms with Gasteiger partial charge in [-0.3, -0.25) is 9.59 Å². The first-order valence-electron chi connectivity index (χ1n) is 10.3. The van der Waals surface area contributed by atoms with Crippen LogP contribution < -0.4 is 20.1 Å². The maximum Gasteiger partial charge on any atom is 0.243 e. The first-order valence-corrected chi connectivity index (χ1v) is 10.3. The molecule has 1 unspecified atom stereocenters. The Bertz CT molecular complexity index is 1180.